The Morgan fingerprint density at radius 3 is 2.08 bits per heavy atom. The summed E-state index contributed by atoms with van der Waals surface area (Å²) in [5.74, 6) is -3.24. The van der Waals surface area contributed by atoms with E-state index in [0.29, 0.717) is 17.7 Å². The van der Waals surface area contributed by atoms with Crippen LogP contribution in [0, 0.1) is 11.2 Å². The first-order chi connectivity index (χ1) is 17.0. The molecule has 0 bridgehead atoms. The molecule has 200 valence electrons. The van der Waals surface area contributed by atoms with Crippen LogP contribution in [0.5, 0.6) is 0 Å². The van der Waals surface area contributed by atoms with Crippen LogP contribution in [0.15, 0.2) is 42.5 Å². The van der Waals surface area contributed by atoms with E-state index in [1.54, 1.807) is 0 Å². The lowest BCUT2D eigenvalue weighted by Crippen LogP contribution is -2.39. The maximum Gasteiger partial charge on any atom is 0.416 e. The number of hydrogen-bond donors (Lipinski definition) is 1. The molecule has 12 heteroatoms. The van der Waals surface area contributed by atoms with Gasteiger partial charge in [0.25, 0.3) is 0 Å². The summed E-state index contributed by atoms with van der Waals surface area (Å²) in [4.78, 5) is 26.1. The highest BCUT2D eigenvalue weighted by molar-refractivity contribution is 6.03. The normalized spacial score (nSPS) is 26.9. The van der Waals surface area contributed by atoms with Crippen LogP contribution in [-0.4, -0.2) is 40.6 Å². The average Bonchev–Trinajstić information content (AvgIpc) is 3.26. The summed E-state index contributed by atoms with van der Waals surface area (Å²) in [6.07, 6.45) is -12.3. The van der Waals surface area contributed by atoms with Gasteiger partial charge in [-0.3, -0.25) is 9.59 Å². The van der Waals surface area contributed by atoms with E-state index in [2.05, 4.69) is 0 Å². The smallest absolute Gasteiger partial charge is 0.416 e. The fourth-order valence-corrected chi connectivity index (χ4v) is 5.16. The molecule has 0 saturated carbocycles. The molecule has 0 aliphatic carbocycles. The second kappa shape index (κ2) is 9.00. The Kier molecular flexibility index (Phi) is 6.54. The number of ether oxygens (including phenoxy) is 1. The van der Waals surface area contributed by atoms with E-state index in [9.17, 15) is 45.4 Å². The monoisotopic (exact) mass is 533 g/mol. The predicted octanol–water partition coefficient (Wildman–Crippen LogP) is 5.80. The van der Waals surface area contributed by atoms with Crippen molar-refractivity contribution in [1.82, 2.24) is 4.90 Å². The molecule has 5 atom stereocenters. The zero-order chi connectivity index (χ0) is 27.5. The number of rotatable bonds is 5. The number of carbonyl (C=O) groups excluding carboxylic acids is 1. The first kappa shape index (κ1) is 26.9. The van der Waals surface area contributed by atoms with Crippen LogP contribution in [0.4, 0.5) is 30.7 Å². The topological polar surface area (TPSA) is 66.8 Å². The second-order valence-electron chi connectivity index (χ2n) is 9.60. The zero-order valence-corrected chi connectivity index (χ0v) is 19.5. The molecule has 1 N–H and O–H groups in total. The Bertz CT molecular complexity index is 1180. The summed E-state index contributed by atoms with van der Waals surface area (Å²) in [5.41, 5.74) is -4.55. The van der Waals surface area contributed by atoms with Gasteiger partial charge in [0, 0.05) is 18.5 Å². The highest BCUT2D eigenvalue weighted by Gasteiger charge is 2.60. The van der Waals surface area contributed by atoms with Crippen molar-refractivity contribution < 1.29 is 50.2 Å². The lowest BCUT2D eigenvalue weighted by atomic mass is 9.80. The Morgan fingerprint density at radius 1 is 1.05 bits per heavy atom. The summed E-state index contributed by atoms with van der Waals surface area (Å²) in [6.45, 7) is 2.45. The molecule has 2 fully saturated rings. The SMILES string of the molecule is C[C@@H](O[C@H]1CN2C(=O)C(C)(C(=O)O)CC2[C@@H]1c1ccc(F)cc1)c1cc(C(F)(F)F)cc(C(F)(F)F)c1. The highest BCUT2D eigenvalue weighted by Crippen LogP contribution is 2.49. The molecule has 0 radical (unpaired) electrons. The molecule has 2 aliphatic heterocycles. The average molecular weight is 533 g/mol. The van der Waals surface area contributed by atoms with Crippen molar-refractivity contribution in [3.8, 4) is 0 Å². The minimum Gasteiger partial charge on any atom is -0.480 e. The van der Waals surface area contributed by atoms with E-state index in [4.69, 9.17) is 4.74 Å². The van der Waals surface area contributed by atoms with Gasteiger partial charge in [-0.1, -0.05) is 12.1 Å². The van der Waals surface area contributed by atoms with Gasteiger partial charge < -0.3 is 14.7 Å². The van der Waals surface area contributed by atoms with E-state index in [1.165, 1.54) is 30.9 Å². The summed E-state index contributed by atoms with van der Waals surface area (Å²) in [7, 11) is 0. The van der Waals surface area contributed by atoms with Gasteiger partial charge in [-0.25, -0.2) is 4.39 Å². The number of carboxylic acids is 1. The van der Waals surface area contributed by atoms with Crippen molar-refractivity contribution in [1.29, 1.82) is 0 Å². The number of alkyl halides is 6. The van der Waals surface area contributed by atoms with Crippen LogP contribution in [0.25, 0.3) is 0 Å². The van der Waals surface area contributed by atoms with Gasteiger partial charge >= 0.3 is 18.3 Å². The van der Waals surface area contributed by atoms with E-state index in [1.807, 2.05) is 0 Å². The number of carboxylic acid groups (broad SMARTS) is 1. The number of aliphatic carboxylic acids is 1. The van der Waals surface area contributed by atoms with Crippen LogP contribution in [0.1, 0.15) is 54.5 Å². The highest BCUT2D eigenvalue weighted by atomic mass is 19.4. The van der Waals surface area contributed by atoms with Crippen LogP contribution in [0.3, 0.4) is 0 Å². The van der Waals surface area contributed by atoms with Gasteiger partial charge in [0.2, 0.25) is 5.91 Å². The Morgan fingerprint density at radius 2 is 1.59 bits per heavy atom. The number of halogens is 7. The Hall–Kier alpha value is -3.15. The number of benzene rings is 2. The summed E-state index contributed by atoms with van der Waals surface area (Å²) in [6, 6.07) is 5.68. The lowest BCUT2D eigenvalue weighted by molar-refractivity contribution is -0.155. The van der Waals surface area contributed by atoms with Crippen LogP contribution >= 0.6 is 0 Å². The van der Waals surface area contributed by atoms with Gasteiger partial charge in [0.1, 0.15) is 11.2 Å². The van der Waals surface area contributed by atoms with E-state index < -0.39 is 70.8 Å². The van der Waals surface area contributed by atoms with E-state index in [0.717, 1.165) is 12.1 Å². The van der Waals surface area contributed by atoms with Gasteiger partial charge in [0.05, 0.1) is 23.3 Å². The minimum absolute atomic E-state index is 0.0224. The van der Waals surface area contributed by atoms with Gasteiger partial charge in [-0.05, 0) is 61.7 Å². The van der Waals surface area contributed by atoms with Crippen molar-refractivity contribution in [3.63, 3.8) is 0 Å². The first-order valence-corrected chi connectivity index (χ1v) is 11.3. The minimum atomic E-state index is -5.03. The predicted molar refractivity (Wildman–Crippen MR) is 115 cm³/mol. The van der Waals surface area contributed by atoms with Gasteiger partial charge in [-0.2, -0.15) is 26.3 Å². The van der Waals surface area contributed by atoms with Crippen LogP contribution in [0.2, 0.25) is 0 Å². The molecule has 0 spiro atoms. The van der Waals surface area contributed by atoms with E-state index in [-0.39, 0.29) is 24.6 Å². The van der Waals surface area contributed by atoms with Gasteiger partial charge in [-0.15, -0.1) is 0 Å². The van der Waals surface area contributed by atoms with Crippen molar-refractivity contribution >= 4 is 11.9 Å². The molecular weight excluding hydrogens is 511 g/mol. The molecule has 1 amide bonds. The number of carbonyl (C=O) groups is 2. The molecule has 2 unspecified atom stereocenters. The third-order valence-electron chi connectivity index (χ3n) is 7.13. The Balaban J connectivity index is 1.70. The van der Waals surface area contributed by atoms with Crippen molar-refractivity contribution in [3.05, 3.63) is 70.5 Å². The molecule has 2 aromatic carbocycles. The molecule has 2 heterocycles. The fourth-order valence-electron chi connectivity index (χ4n) is 5.16. The van der Waals surface area contributed by atoms with Gasteiger partial charge in [0.15, 0.2) is 0 Å². The number of fused-ring (bicyclic) bond motifs is 1. The number of hydrogen-bond acceptors (Lipinski definition) is 3. The summed E-state index contributed by atoms with van der Waals surface area (Å²) in [5, 5.41) is 9.62. The third-order valence-corrected chi connectivity index (χ3v) is 7.13. The van der Waals surface area contributed by atoms with Crippen molar-refractivity contribution in [2.24, 2.45) is 5.41 Å². The molecule has 2 aliphatic rings. The lowest BCUT2D eigenvalue weighted by Gasteiger charge is -2.28. The molecule has 37 heavy (non-hydrogen) atoms. The quantitative estimate of drug-likeness (QED) is 0.390. The molecule has 2 aromatic rings. The fraction of sp³-hybridized carbons (Fsp3) is 0.440. The standard InChI is InChI=1S/C25H22F7NO4/c1-12(14-7-15(24(27,28)29)9-16(8-14)25(30,31)32)37-19-11-33-18(10-23(2,21(33)34)22(35)36)20(19)13-3-5-17(26)6-4-13/h3-9,12,18-20H,10-11H2,1-2H3,(H,35,36)/t12-,18?,19+,20+,23?/m1/s1. The van der Waals surface area contributed by atoms with Crippen LogP contribution in [-0.2, 0) is 26.7 Å². The van der Waals surface area contributed by atoms with E-state index >= 15 is 0 Å². The maximum absolute atomic E-state index is 13.6. The van der Waals surface area contributed by atoms with Crippen molar-refractivity contribution in [2.75, 3.05) is 6.54 Å². The molecule has 4 rings (SSSR count). The molecule has 0 aromatic heterocycles. The first-order valence-electron chi connectivity index (χ1n) is 11.3. The molecule has 5 nitrogen and oxygen atoms in total. The number of nitrogens with zero attached hydrogens (tertiary/aromatic N) is 1. The van der Waals surface area contributed by atoms with Crippen molar-refractivity contribution in [2.45, 2.75) is 56.8 Å². The maximum atomic E-state index is 13.6. The summed E-state index contributed by atoms with van der Waals surface area (Å²) < 4.78 is 99.5. The number of amides is 1. The van der Waals surface area contributed by atoms with Crippen LogP contribution < -0.4 is 0 Å². The largest absolute Gasteiger partial charge is 0.480 e. The second-order valence-corrected chi connectivity index (χ2v) is 9.60. The molecular formula is C25H22F7NO4. The Labute approximate surface area is 206 Å². The third kappa shape index (κ3) is 4.90. The summed E-state index contributed by atoms with van der Waals surface area (Å²) >= 11 is 0. The zero-order valence-electron chi connectivity index (χ0n) is 19.5. The molecule has 2 saturated heterocycles.